The van der Waals surface area contributed by atoms with Gasteiger partial charge in [0, 0.05) is 14.1 Å². The van der Waals surface area contributed by atoms with Gasteiger partial charge in [-0.15, -0.1) is 0 Å². The number of esters is 1. The van der Waals surface area contributed by atoms with Crippen LogP contribution in [0, 0.1) is 6.92 Å². The van der Waals surface area contributed by atoms with Gasteiger partial charge in [-0.2, -0.15) is 0 Å². The van der Waals surface area contributed by atoms with E-state index in [2.05, 4.69) is 5.32 Å². The van der Waals surface area contributed by atoms with Crippen LogP contribution in [0.15, 0.2) is 24.3 Å². The highest BCUT2D eigenvalue weighted by Crippen LogP contribution is 2.12. The maximum atomic E-state index is 11.7. The van der Waals surface area contributed by atoms with Crippen molar-refractivity contribution in [2.75, 3.05) is 33.9 Å². The number of carbonyl (C=O) groups is 3. The summed E-state index contributed by atoms with van der Waals surface area (Å²) in [5.74, 6) is -0.584. The van der Waals surface area contributed by atoms with Crippen molar-refractivity contribution in [3.05, 3.63) is 29.8 Å². The number of hydrogen-bond donors (Lipinski definition) is 1. The van der Waals surface area contributed by atoms with Crippen molar-refractivity contribution in [1.29, 1.82) is 0 Å². The van der Waals surface area contributed by atoms with Gasteiger partial charge in [0.25, 0.3) is 5.91 Å². The summed E-state index contributed by atoms with van der Waals surface area (Å²) in [4.78, 5) is 35.5. The quantitative estimate of drug-likeness (QED) is 0.705. The molecule has 0 atom stereocenters. The average Bonchev–Trinajstić information content (AvgIpc) is 2.52. The van der Waals surface area contributed by atoms with E-state index in [9.17, 15) is 14.4 Å². The van der Waals surface area contributed by atoms with E-state index in [1.54, 1.807) is 6.07 Å². The maximum absolute atomic E-state index is 11.7. The Kier molecular flexibility index (Phi) is 7.59. The van der Waals surface area contributed by atoms with Crippen molar-refractivity contribution < 1.29 is 23.9 Å². The van der Waals surface area contributed by atoms with E-state index >= 15 is 0 Å². The number of nitrogens with zero attached hydrogens (tertiary/aromatic N) is 1. The molecule has 7 nitrogen and oxygen atoms in total. The van der Waals surface area contributed by atoms with Gasteiger partial charge in [0.1, 0.15) is 5.75 Å². The molecule has 0 spiro atoms. The Bertz CT molecular complexity index is 559. The Hall–Kier alpha value is -2.57. The van der Waals surface area contributed by atoms with Crippen LogP contribution >= 0.6 is 0 Å². The summed E-state index contributed by atoms with van der Waals surface area (Å²) < 4.78 is 10.3. The number of benzene rings is 1. The lowest BCUT2D eigenvalue weighted by atomic mass is 10.2. The molecule has 0 radical (unpaired) electrons. The van der Waals surface area contributed by atoms with E-state index in [1.165, 1.54) is 19.0 Å². The Morgan fingerprint density at radius 1 is 1.26 bits per heavy atom. The average molecular weight is 322 g/mol. The lowest BCUT2D eigenvalue weighted by Gasteiger charge is -2.15. The van der Waals surface area contributed by atoms with Gasteiger partial charge in [0.05, 0.1) is 19.6 Å². The monoisotopic (exact) mass is 322 g/mol. The summed E-state index contributed by atoms with van der Waals surface area (Å²) in [5.41, 5.74) is 1.06. The first-order valence-electron chi connectivity index (χ1n) is 7.22. The standard InChI is InChI=1S/C16H22N2O5/c1-12-5-4-6-13(9-12)22-8-7-16(21)23-11-15(20)18(3)10-14(19)17-2/h4-6,9H,7-8,10-11H2,1-3H3,(H,17,19). The van der Waals surface area contributed by atoms with Crippen molar-refractivity contribution in [2.45, 2.75) is 13.3 Å². The molecule has 1 aromatic carbocycles. The van der Waals surface area contributed by atoms with Gasteiger partial charge in [0.2, 0.25) is 5.91 Å². The van der Waals surface area contributed by atoms with Gasteiger partial charge in [-0.25, -0.2) is 0 Å². The van der Waals surface area contributed by atoms with E-state index in [0.29, 0.717) is 5.75 Å². The largest absolute Gasteiger partial charge is 0.493 e. The molecule has 7 heteroatoms. The zero-order valence-corrected chi connectivity index (χ0v) is 13.6. The van der Waals surface area contributed by atoms with E-state index in [-0.39, 0.29) is 25.5 Å². The van der Waals surface area contributed by atoms with Crippen molar-refractivity contribution in [2.24, 2.45) is 0 Å². The SMILES string of the molecule is CNC(=O)CN(C)C(=O)COC(=O)CCOc1cccc(C)c1. The summed E-state index contributed by atoms with van der Waals surface area (Å²) in [6.07, 6.45) is 0.0420. The highest BCUT2D eigenvalue weighted by molar-refractivity contribution is 5.86. The fourth-order valence-electron chi connectivity index (χ4n) is 1.66. The molecular formula is C16H22N2O5. The van der Waals surface area contributed by atoms with Crippen LogP contribution in [0.25, 0.3) is 0 Å². The molecule has 2 amide bonds. The minimum absolute atomic E-state index is 0.0420. The third kappa shape index (κ3) is 7.30. The molecule has 0 heterocycles. The fourth-order valence-corrected chi connectivity index (χ4v) is 1.66. The molecule has 23 heavy (non-hydrogen) atoms. The summed E-state index contributed by atoms with van der Waals surface area (Å²) in [5, 5.41) is 2.41. The maximum Gasteiger partial charge on any atom is 0.309 e. The molecular weight excluding hydrogens is 300 g/mol. The first-order chi connectivity index (χ1) is 10.9. The van der Waals surface area contributed by atoms with Crippen LogP contribution in [0.5, 0.6) is 5.75 Å². The number of hydrogen-bond acceptors (Lipinski definition) is 5. The molecule has 0 aromatic heterocycles. The lowest BCUT2D eigenvalue weighted by Crippen LogP contribution is -2.39. The molecule has 1 rings (SSSR count). The van der Waals surface area contributed by atoms with Crippen molar-refractivity contribution in [3.8, 4) is 5.75 Å². The summed E-state index contributed by atoms with van der Waals surface area (Å²) in [7, 11) is 2.95. The minimum atomic E-state index is -0.528. The third-order valence-corrected chi connectivity index (χ3v) is 3.01. The lowest BCUT2D eigenvalue weighted by molar-refractivity contribution is -0.152. The van der Waals surface area contributed by atoms with Crippen molar-refractivity contribution in [3.63, 3.8) is 0 Å². The van der Waals surface area contributed by atoms with Crippen LogP contribution < -0.4 is 10.1 Å². The molecule has 0 aliphatic carbocycles. The summed E-state index contributed by atoms with van der Waals surface area (Å²) >= 11 is 0. The minimum Gasteiger partial charge on any atom is -0.493 e. The predicted octanol–water partition coefficient (Wildman–Crippen LogP) is 0.512. The Labute approximate surface area is 135 Å². The molecule has 0 aliphatic heterocycles. The predicted molar refractivity (Wildman–Crippen MR) is 84.0 cm³/mol. The van der Waals surface area contributed by atoms with Crippen LogP contribution in [0.4, 0.5) is 0 Å². The van der Waals surface area contributed by atoms with E-state index < -0.39 is 18.5 Å². The second-order valence-electron chi connectivity index (χ2n) is 5.00. The van der Waals surface area contributed by atoms with Gasteiger partial charge < -0.3 is 19.7 Å². The topological polar surface area (TPSA) is 84.9 Å². The van der Waals surface area contributed by atoms with Gasteiger partial charge in [-0.05, 0) is 24.6 Å². The van der Waals surface area contributed by atoms with Gasteiger partial charge in [-0.1, -0.05) is 12.1 Å². The Balaban J connectivity index is 2.23. The second-order valence-corrected chi connectivity index (χ2v) is 5.00. The van der Waals surface area contributed by atoms with Crippen LogP contribution in [-0.2, 0) is 19.1 Å². The molecule has 1 aromatic rings. The molecule has 0 saturated carbocycles. The number of aryl methyl sites for hydroxylation is 1. The summed E-state index contributed by atoms with van der Waals surface area (Å²) in [6, 6.07) is 7.48. The Morgan fingerprint density at radius 2 is 2.00 bits per heavy atom. The number of rotatable bonds is 8. The number of likely N-dealkylation sites (N-methyl/N-ethyl adjacent to an activating group) is 2. The van der Waals surface area contributed by atoms with Crippen LogP contribution in [0.1, 0.15) is 12.0 Å². The second kappa shape index (κ2) is 9.45. The first kappa shape index (κ1) is 18.5. The van der Waals surface area contributed by atoms with Gasteiger partial charge >= 0.3 is 5.97 Å². The van der Waals surface area contributed by atoms with E-state index in [4.69, 9.17) is 9.47 Å². The normalized spacial score (nSPS) is 9.87. The van der Waals surface area contributed by atoms with E-state index in [1.807, 2.05) is 25.1 Å². The molecule has 0 fully saturated rings. The highest BCUT2D eigenvalue weighted by atomic mass is 16.5. The van der Waals surface area contributed by atoms with Crippen LogP contribution in [0.2, 0.25) is 0 Å². The highest BCUT2D eigenvalue weighted by Gasteiger charge is 2.14. The number of amides is 2. The van der Waals surface area contributed by atoms with Crippen LogP contribution in [0.3, 0.4) is 0 Å². The van der Waals surface area contributed by atoms with Gasteiger partial charge in [0.15, 0.2) is 6.61 Å². The van der Waals surface area contributed by atoms with Crippen LogP contribution in [-0.4, -0.2) is 56.5 Å². The van der Waals surface area contributed by atoms with E-state index in [0.717, 1.165) is 5.56 Å². The molecule has 1 N–H and O–H groups in total. The zero-order chi connectivity index (χ0) is 17.2. The number of nitrogens with one attached hydrogen (secondary N) is 1. The molecule has 0 saturated heterocycles. The summed E-state index contributed by atoms with van der Waals surface area (Å²) in [6.45, 7) is 1.65. The van der Waals surface area contributed by atoms with Crippen molar-refractivity contribution in [1.82, 2.24) is 10.2 Å². The smallest absolute Gasteiger partial charge is 0.309 e. The Morgan fingerprint density at radius 3 is 2.65 bits per heavy atom. The molecule has 126 valence electrons. The van der Waals surface area contributed by atoms with Gasteiger partial charge in [-0.3, -0.25) is 14.4 Å². The molecule has 0 aliphatic rings. The molecule has 0 unspecified atom stereocenters. The third-order valence-electron chi connectivity index (χ3n) is 3.01. The fraction of sp³-hybridized carbons (Fsp3) is 0.438. The number of carbonyl (C=O) groups excluding carboxylic acids is 3. The van der Waals surface area contributed by atoms with Crippen molar-refractivity contribution >= 4 is 17.8 Å². The number of ether oxygens (including phenoxy) is 2. The zero-order valence-electron chi connectivity index (χ0n) is 13.6. The molecule has 0 bridgehead atoms. The first-order valence-corrected chi connectivity index (χ1v) is 7.22.